The molecule has 3 rings (SSSR count). The molecule has 0 radical (unpaired) electrons. The Morgan fingerprint density at radius 2 is 1.94 bits per heavy atom. The summed E-state index contributed by atoms with van der Waals surface area (Å²) in [4.78, 5) is 0. The van der Waals surface area contributed by atoms with Crippen molar-refractivity contribution in [2.24, 2.45) is 23.2 Å². The van der Waals surface area contributed by atoms with E-state index in [9.17, 15) is 15.3 Å². The number of rotatable bonds is 10. The fourth-order valence-corrected chi connectivity index (χ4v) is 7.21. The Hall–Kier alpha value is -0.980. The van der Waals surface area contributed by atoms with Crippen molar-refractivity contribution in [2.75, 3.05) is 13.2 Å². The van der Waals surface area contributed by atoms with E-state index >= 15 is 0 Å². The summed E-state index contributed by atoms with van der Waals surface area (Å²) in [6.45, 7) is 13.2. The van der Waals surface area contributed by atoms with E-state index in [1.54, 1.807) is 0 Å². The number of ether oxygens (including phenoxy) is 1. The van der Waals surface area contributed by atoms with Crippen LogP contribution in [0.1, 0.15) is 91.9 Å². The molecule has 0 aromatic heterocycles. The Balaban J connectivity index is 1.67. The number of allylic oxidation sites excluding steroid dienone is 3. The van der Waals surface area contributed by atoms with E-state index in [1.807, 2.05) is 13.8 Å². The largest absolute Gasteiger partial charge is 0.396 e. The highest BCUT2D eigenvalue weighted by Gasteiger charge is 2.50. The average Bonchev–Trinajstić information content (AvgIpc) is 3.14. The molecule has 7 atom stereocenters. The summed E-state index contributed by atoms with van der Waals surface area (Å²) < 4.78 is 5.63. The lowest BCUT2D eigenvalue weighted by molar-refractivity contribution is -0.0968. The normalized spacial score (nSPS) is 37.1. The topological polar surface area (TPSA) is 90.2 Å². The van der Waals surface area contributed by atoms with Crippen LogP contribution >= 0.6 is 0 Å². The van der Waals surface area contributed by atoms with Crippen molar-refractivity contribution in [2.45, 2.75) is 116 Å². The van der Waals surface area contributed by atoms with Crippen molar-refractivity contribution in [3.8, 4) is 0 Å². The van der Waals surface area contributed by atoms with Crippen LogP contribution in [0, 0.1) is 23.2 Å². The van der Waals surface area contributed by atoms with E-state index < -0.39 is 23.9 Å². The molecule has 0 saturated heterocycles. The van der Waals surface area contributed by atoms with Crippen molar-refractivity contribution >= 4 is 0 Å². The van der Waals surface area contributed by atoms with Gasteiger partial charge in [-0.3, -0.25) is 0 Å². The van der Waals surface area contributed by atoms with Gasteiger partial charge in [-0.2, -0.15) is 0 Å². The molecule has 0 aromatic carbocycles. The molecule has 3 saturated carbocycles. The monoisotopic (exact) mass is 490 g/mol. The van der Waals surface area contributed by atoms with E-state index in [-0.39, 0.29) is 6.61 Å². The predicted octanol–water partition coefficient (Wildman–Crippen LogP) is 5.08. The first-order valence-corrected chi connectivity index (χ1v) is 13.9. The van der Waals surface area contributed by atoms with E-state index in [2.05, 4.69) is 32.6 Å². The van der Waals surface area contributed by atoms with E-state index in [4.69, 9.17) is 9.84 Å². The predicted molar refractivity (Wildman–Crippen MR) is 141 cm³/mol. The third-order valence-electron chi connectivity index (χ3n) is 9.17. The number of fused-ring (bicyclic) bond motifs is 1. The van der Waals surface area contributed by atoms with Gasteiger partial charge in [0.25, 0.3) is 0 Å². The van der Waals surface area contributed by atoms with Crippen LogP contribution < -0.4 is 0 Å². The van der Waals surface area contributed by atoms with Crippen molar-refractivity contribution in [3.05, 3.63) is 35.5 Å². The minimum atomic E-state index is -0.931. The summed E-state index contributed by atoms with van der Waals surface area (Å²) in [5.74, 6) is 1.98. The molecule has 0 aromatic rings. The van der Waals surface area contributed by atoms with Gasteiger partial charge >= 0.3 is 0 Å². The number of aliphatic hydroxyl groups is 4. The van der Waals surface area contributed by atoms with Crippen LogP contribution in [-0.4, -0.2) is 57.6 Å². The van der Waals surface area contributed by atoms with Crippen molar-refractivity contribution in [3.63, 3.8) is 0 Å². The molecule has 0 amide bonds. The molecule has 0 bridgehead atoms. The molecule has 0 heterocycles. The first-order chi connectivity index (χ1) is 16.5. The van der Waals surface area contributed by atoms with Gasteiger partial charge in [0.05, 0.1) is 11.7 Å². The molecule has 0 spiro atoms. The zero-order valence-corrected chi connectivity index (χ0v) is 22.5. The maximum Gasteiger partial charge on any atom is 0.114 e. The van der Waals surface area contributed by atoms with Crippen LogP contribution in [0.2, 0.25) is 0 Å². The second-order valence-corrected chi connectivity index (χ2v) is 12.4. The van der Waals surface area contributed by atoms with Crippen molar-refractivity contribution in [1.29, 1.82) is 0 Å². The van der Waals surface area contributed by atoms with Gasteiger partial charge in [0, 0.05) is 19.6 Å². The Morgan fingerprint density at radius 1 is 1.20 bits per heavy atom. The molecule has 5 nitrogen and oxygen atoms in total. The zero-order chi connectivity index (χ0) is 25.8. The Labute approximate surface area is 213 Å². The quantitative estimate of drug-likeness (QED) is 0.321. The molecule has 3 fully saturated rings. The van der Waals surface area contributed by atoms with E-state index in [0.717, 1.165) is 30.8 Å². The minimum absolute atomic E-state index is 0.0269. The average molecular weight is 491 g/mol. The van der Waals surface area contributed by atoms with Crippen molar-refractivity contribution < 1.29 is 25.2 Å². The fraction of sp³-hybridized carbons (Fsp3) is 0.800. The highest BCUT2D eigenvalue weighted by atomic mass is 16.5. The fourth-order valence-electron chi connectivity index (χ4n) is 7.21. The minimum Gasteiger partial charge on any atom is -0.396 e. The van der Waals surface area contributed by atoms with Gasteiger partial charge in [0.2, 0.25) is 0 Å². The highest BCUT2D eigenvalue weighted by molar-refractivity contribution is 5.40. The molecular formula is C30H50O5. The first-order valence-electron chi connectivity index (χ1n) is 13.9. The molecule has 200 valence electrons. The molecule has 3 unspecified atom stereocenters. The van der Waals surface area contributed by atoms with E-state index in [0.29, 0.717) is 42.3 Å². The van der Waals surface area contributed by atoms with Crippen LogP contribution in [0.4, 0.5) is 0 Å². The van der Waals surface area contributed by atoms with Gasteiger partial charge in [-0.25, -0.2) is 0 Å². The van der Waals surface area contributed by atoms with Crippen LogP contribution in [0.15, 0.2) is 35.5 Å². The van der Waals surface area contributed by atoms with Crippen LogP contribution in [0.3, 0.4) is 0 Å². The summed E-state index contributed by atoms with van der Waals surface area (Å²) in [6, 6.07) is 0. The van der Waals surface area contributed by atoms with Crippen molar-refractivity contribution in [1.82, 2.24) is 0 Å². The molecular weight excluding hydrogens is 440 g/mol. The van der Waals surface area contributed by atoms with Crippen LogP contribution in [0.25, 0.3) is 0 Å². The second-order valence-electron chi connectivity index (χ2n) is 12.4. The van der Waals surface area contributed by atoms with Gasteiger partial charge < -0.3 is 25.2 Å². The lowest BCUT2D eigenvalue weighted by Gasteiger charge is -2.44. The standard InChI is InChI=1S/C30H50O5/c1-20(9-6-15-29(3,4)34)24-13-14-25-22(10-7-16-30(24,25)5)11-12-23-19-26(32)28(27(33)21(23)2)35-18-8-17-31/h11-12,20,24-28,31-34H,2,6-10,13-19H2,1,3-5H3/t20-,24-,25+,26?,27?,28?,30-/m1/s1. The first kappa shape index (κ1) is 28.6. The summed E-state index contributed by atoms with van der Waals surface area (Å²) >= 11 is 0. The third kappa shape index (κ3) is 6.87. The third-order valence-corrected chi connectivity index (χ3v) is 9.17. The Kier molecular flexibility index (Phi) is 9.84. The molecule has 3 aliphatic carbocycles. The lowest BCUT2D eigenvalue weighted by atomic mass is 9.60. The van der Waals surface area contributed by atoms with Gasteiger partial charge in [-0.1, -0.05) is 51.0 Å². The van der Waals surface area contributed by atoms with Crippen LogP contribution in [0.5, 0.6) is 0 Å². The Morgan fingerprint density at radius 3 is 2.63 bits per heavy atom. The molecule has 35 heavy (non-hydrogen) atoms. The highest BCUT2D eigenvalue weighted by Crippen LogP contribution is 2.60. The number of hydrogen-bond acceptors (Lipinski definition) is 5. The molecule has 4 N–H and O–H groups in total. The Bertz CT molecular complexity index is 778. The summed E-state index contributed by atoms with van der Waals surface area (Å²) in [6.07, 6.45) is 12.1. The van der Waals surface area contributed by atoms with Gasteiger partial charge in [0.1, 0.15) is 12.2 Å². The maximum absolute atomic E-state index is 10.7. The number of hydrogen-bond donors (Lipinski definition) is 4. The molecule has 0 aliphatic heterocycles. The lowest BCUT2D eigenvalue weighted by Crippen LogP contribution is -2.45. The van der Waals surface area contributed by atoms with E-state index in [1.165, 1.54) is 37.7 Å². The van der Waals surface area contributed by atoms with Crippen LogP contribution in [-0.2, 0) is 4.74 Å². The van der Waals surface area contributed by atoms with Gasteiger partial charge in [0.15, 0.2) is 0 Å². The zero-order valence-electron chi connectivity index (χ0n) is 22.5. The van der Waals surface area contributed by atoms with Gasteiger partial charge in [-0.15, -0.1) is 0 Å². The van der Waals surface area contributed by atoms with Gasteiger partial charge in [-0.05, 0) is 93.1 Å². The number of aliphatic hydroxyl groups excluding tert-OH is 3. The second kappa shape index (κ2) is 12.0. The SMILES string of the molecule is C=C1C(=CC=C2CCC[C@]3(C)[C@@H]([C@H](C)CCCC(C)(C)O)CC[C@@H]23)CC(O)C(OCCCO)C1O. The maximum atomic E-state index is 10.7. The molecule has 3 aliphatic rings. The summed E-state index contributed by atoms with van der Waals surface area (Å²) in [5.41, 5.74) is 2.79. The summed E-state index contributed by atoms with van der Waals surface area (Å²) in [5, 5.41) is 40.4. The molecule has 5 heteroatoms. The summed E-state index contributed by atoms with van der Waals surface area (Å²) in [7, 11) is 0. The smallest absolute Gasteiger partial charge is 0.114 e.